The van der Waals surface area contributed by atoms with Crippen LogP contribution in [0.2, 0.25) is 0 Å². The van der Waals surface area contributed by atoms with Gasteiger partial charge >= 0.3 is 0 Å². The minimum absolute atomic E-state index is 0.00984. The molecule has 1 fully saturated rings. The van der Waals surface area contributed by atoms with Crippen LogP contribution in [0.5, 0.6) is 5.75 Å². The lowest BCUT2D eigenvalue weighted by atomic mass is 10.2. The fraction of sp³-hybridized carbons (Fsp3) is 0.500. The summed E-state index contributed by atoms with van der Waals surface area (Å²) < 4.78 is 11.1. The lowest BCUT2D eigenvalue weighted by Crippen LogP contribution is -2.47. The molecule has 6 nitrogen and oxygen atoms in total. The zero-order chi connectivity index (χ0) is 15.9. The smallest absolute Gasteiger partial charge is 0.260 e. The van der Waals surface area contributed by atoms with Crippen molar-refractivity contribution in [3.63, 3.8) is 0 Å². The van der Waals surface area contributed by atoms with Gasteiger partial charge < -0.3 is 19.7 Å². The first-order chi connectivity index (χ1) is 10.6. The summed E-state index contributed by atoms with van der Waals surface area (Å²) in [6.07, 6.45) is 1.02. The molecule has 0 aliphatic carbocycles. The van der Waals surface area contributed by atoms with Crippen LogP contribution in [0.1, 0.15) is 20.3 Å². The third-order valence-corrected chi connectivity index (χ3v) is 3.48. The van der Waals surface area contributed by atoms with Crippen LogP contribution < -0.4 is 10.1 Å². The van der Waals surface area contributed by atoms with Gasteiger partial charge in [-0.25, -0.2) is 0 Å². The Hall–Kier alpha value is -2.08. The number of hydrogen-bond donors (Lipinski definition) is 1. The van der Waals surface area contributed by atoms with Crippen molar-refractivity contribution < 1.29 is 19.1 Å². The lowest BCUT2D eigenvalue weighted by molar-refractivity contribution is -0.141. The molecule has 6 heteroatoms. The van der Waals surface area contributed by atoms with Gasteiger partial charge in [0.05, 0.1) is 12.7 Å². The normalized spacial score (nSPS) is 17.9. The molecule has 22 heavy (non-hydrogen) atoms. The Morgan fingerprint density at radius 2 is 2.09 bits per heavy atom. The summed E-state index contributed by atoms with van der Waals surface area (Å²) in [7, 11) is 0. The van der Waals surface area contributed by atoms with Crippen molar-refractivity contribution in [3.05, 3.63) is 24.3 Å². The SMILES string of the molecule is CC[C@@H]1CN(C(=O)COc2ccc(NC(C)=O)cc2)CCO1. The summed E-state index contributed by atoms with van der Waals surface area (Å²) in [4.78, 5) is 24.9. The average Bonchev–Trinajstić information content (AvgIpc) is 2.53. The number of carbonyl (C=O) groups is 2. The highest BCUT2D eigenvalue weighted by Crippen LogP contribution is 2.16. The molecule has 1 aromatic carbocycles. The summed E-state index contributed by atoms with van der Waals surface area (Å²) in [6, 6.07) is 6.94. The number of benzene rings is 1. The van der Waals surface area contributed by atoms with E-state index >= 15 is 0 Å². The highest BCUT2D eigenvalue weighted by molar-refractivity contribution is 5.88. The van der Waals surface area contributed by atoms with Gasteiger partial charge in [0, 0.05) is 25.7 Å². The first-order valence-electron chi connectivity index (χ1n) is 7.48. The van der Waals surface area contributed by atoms with Crippen LogP contribution in [0.3, 0.4) is 0 Å². The predicted molar refractivity (Wildman–Crippen MR) is 82.9 cm³/mol. The van der Waals surface area contributed by atoms with E-state index < -0.39 is 0 Å². The third kappa shape index (κ3) is 4.73. The molecular formula is C16H22N2O4. The van der Waals surface area contributed by atoms with E-state index in [2.05, 4.69) is 5.32 Å². The Morgan fingerprint density at radius 3 is 2.73 bits per heavy atom. The minimum Gasteiger partial charge on any atom is -0.484 e. The number of amides is 2. The monoisotopic (exact) mass is 306 g/mol. The Bertz CT molecular complexity index is 515. The largest absolute Gasteiger partial charge is 0.484 e. The van der Waals surface area contributed by atoms with Crippen molar-refractivity contribution in [2.75, 3.05) is 31.6 Å². The zero-order valence-electron chi connectivity index (χ0n) is 13.0. The maximum Gasteiger partial charge on any atom is 0.260 e. The Morgan fingerprint density at radius 1 is 1.36 bits per heavy atom. The van der Waals surface area contributed by atoms with Gasteiger partial charge in [-0.1, -0.05) is 6.92 Å². The number of morpholine rings is 1. The van der Waals surface area contributed by atoms with Crippen molar-refractivity contribution >= 4 is 17.5 Å². The molecule has 2 rings (SSSR count). The van der Waals surface area contributed by atoms with Crippen LogP contribution in [-0.2, 0) is 14.3 Å². The van der Waals surface area contributed by atoms with E-state index in [0.717, 1.165) is 6.42 Å². The number of rotatable bonds is 5. The fourth-order valence-electron chi connectivity index (χ4n) is 2.27. The molecule has 0 radical (unpaired) electrons. The van der Waals surface area contributed by atoms with Gasteiger partial charge in [-0.3, -0.25) is 9.59 Å². The average molecular weight is 306 g/mol. The predicted octanol–water partition coefficient (Wildman–Crippen LogP) is 1.66. The first kappa shape index (κ1) is 16.3. The molecule has 1 heterocycles. The molecule has 0 unspecified atom stereocenters. The van der Waals surface area contributed by atoms with Gasteiger partial charge in [-0.05, 0) is 30.7 Å². The van der Waals surface area contributed by atoms with E-state index in [4.69, 9.17) is 9.47 Å². The van der Waals surface area contributed by atoms with Crippen LogP contribution in [0.15, 0.2) is 24.3 Å². The van der Waals surface area contributed by atoms with Crippen LogP contribution in [0, 0.1) is 0 Å². The summed E-state index contributed by atoms with van der Waals surface area (Å²) in [5.41, 5.74) is 0.699. The van der Waals surface area contributed by atoms with Crippen molar-refractivity contribution in [3.8, 4) is 5.75 Å². The van der Waals surface area contributed by atoms with E-state index in [0.29, 0.717) is 31.1 Å². The summed E-state index contributed by atoms with van der Waals surface area (Å²) in [5, 5.41) is 2.68. The number of nitrogens with one attached hydrogen (secondary N) is 1. The van der Waals surface area contributed by atoms with Crippen LogP contribution >= 0.6 is 0 Å². The molecule has 0 spiro atoms. The quantitative estimate of drug-likeness (QED) is 0.898. The molecule has 0 bridgehead atoms. The lowest BCUT2D eigenvalue weighted by Gasteiger charge is -2.32. The van der Waals surface area contributed by atoms with Gasteiger partial charge in [0.15, 0.2) is 6.61 Å². The van der Waals surface area contributed by atoms with Crippen molar-refractivity contribution in [1.29, 1.82) is 0 Å². The number of hydrogen-bond acceptors (Lipinski definition) is 4. The molecule has 0 aromatic heterocycles. The molecule has 1 aliphatic heterocycles. The molecule has 1 N–H and O–H groups in total. The number of nitrogens with zero attached hydrogens (tertiary/aromatic N) is 1. The van der Waals surface area contributed by atoms with Crippen molar-refractivity contribution in [2.24, 2.45) is 0 Å². The van der Waals surface area contributed by atoms with E-state index in [1.165, 1.54) is 6.92 Å². The zero-order valence-corrected chi connectivity index (χ0v) is 13.0. The number of ether oxygens (including phenoxy) is 2. The molecule has 1 aromatic rings. The summed E-state index contributed by atoms with van der Waals surface area (Å²) >= 11 is 0. The van der Waals surface area contributed by atoms with Gasteiger partial charge in [0.2, 0.25) is 5.91 Å². The maximum absolute atomic E-state index is 12.1. The Kier molecular flexibility index (Phi) is 5.77. The standard InChI is InChI=1S/C16H22N2O4/c1-3-14-10-18(8-9-21-14)16(20)11-22-15-6-4-13(5-7-15)17-12(2)19/h4-7,14H,3,8-11H2,1-2H3,(H,17,19)/t14-/m1/s1. The van der Waals surface area contributed by atoms with Crippen molar-refractivity contribution in [1.82, 2.24) is 4.90 Å². The van der Waals surface area contributed by atoms with E-state index in [-0.39, 0.29) is 24.5 Å². The highest BCUT2D eigenvalue weighted by atomic mass is 16.5. The van der Waals surface area contributed by atoms with Gasteiger partial charge in [-0.15, -0.1) is 0 Å². The Balaban J connectivity index is 1.81. The highest BCUT2D eigenvalue weighted by Gasteiger charge is 2.23. The molecule has 120 valence electrons. The van der Waals surface area contributed by atoms with Crippen molar-refractivity contribution in [2.45, 2.75) is 26.4 Å². The first-order valence-corrected chi connectivity index (χ1v) is 7.48. The summed E-state index contributed by atoms with van der Waals surface area (Å²) in [5.74, 6) is 0.442. The molecular weight excluding hydrogens is 284 g/mol. The van der Waals surface area contributed by atoms with Crippen LogP contribution in [-0.4, -0.2) is 49.1 Å². The van der Waals surface area contributed by atoms with E-state index in [1.807, 2.05) is 6.92 Å². The molecule has 1 atom stereocenters. The second-order valence-corrected chi connectivity index (χ2v) is 5.24. The van der Waals surface area contributed by atoms with Gasteiger partial charge in [0.25, 0.3) is 5.91 Å². The van der Waals surface area contributed by atoms with Gasteiger partial charge in [0.1, 0.15) is 5.75 Å². The molecule has 2 amide bonds. The molecule has 0 saturated carbocycles. The molecule has 1 saturated heterocycles. The van der Waals surface area contributed by atoms with E-state index in [1.54, 1.807) is 29.2 Å². The fourth-order valence-corrected chi connectivity index (χ4v) is 2.27. The van der Waals surface area contributed by atoms with Gasteiger partial charge in [-0.2, -0.15) is 0 Å². The summed E-state index contributed by atoms with van der Waals surface area (Å²) in [6.45, 7) is 5.33. The number of anilines is 1. The van der Waals surface area contributed by atoms with Crippen LogP contribution in [0.25, 0.3) is 0 Å². The topological polar surface area (TPSA) is 67.9 Å². The van der Waals surface area contributed by atoms with Crippen LogP contribution in [0.4, 0.5) is 5.69 Å². The maximum atomic E-state index is 12.1. The second kappa shape index (κ2) is 7.79. The number of carbonyl (C=O) groups excluding carboxylic acids is 2. The molecule has 1 aliphatic rings. The second-order valence-electron chi connectivity index (χ2n) is 5.24. The third-order valence-electron chi connectivity index (χ3n) is 3.48. The van der Waals surface area contributed by atoms with E-state index in [9.17, 15) is 9.59 Å². The minimum atomic E-state index is -0.123. The Labute approximate surface area is 130 Å².